The highest BCUT2D eigenvalue weighted by atomic mass is 35.5. The Labute approximate surface area is 172 Å². The second-order valence-electron chi connectivity index (χ2n) is 6.11. The van der Waals surface area contributed by atoms with Crippen LogP contribution in [0.4, 0.5) is 0 Å². The Morgan fingerprint density at radius 1 is 1.17 bits per heavy atom. The Morgan fingerprint density at radius 3 is 2.55 bits per heavy atom. The van der Waals surface area contributed by atoms with E-state index in [0.717, 1.165) is 4.68 Å². The molecule has 0 spiro atoms. The molecule has 0 aliphatic heterocycles. The number of hydrogen-bond acceptors (Lipinski definition) is 7. The zero-order valence-electron chi connectivity index (χ0n) is 15.0. The fourth-order valence-corrected chi connectivity index (χ4v) is 2.83. The molecule has 10 nitrogen and oxygen atoms in total. The lowest BCUT2D eigenvalue weighted by Crippen LogP contribution is -2.33. The van der Waals surface area contributed by atoms with Gasteiger partial charge in [0.25, 0.3) is 11.1 Å². The maximum atomic E-state index is 12.1. The summed E-state index contributed by atoms with van der Waals surface area (Å²) < 4.78 is 6.45. The van der Waals surface area contributed by atoms with E-state index in [1.165, 1.54) is 18.2 Å². The molecule has 0 aliphatic rings. The summed E-state index contributed by atoms with van der Waals surface area (Å²) in [4.78, 5) is 37.1. The largest absolute Gasteiger partial charge is 0.436 e. The van der Waals surface area contributed by atoms with Gasteiger partial charge in [0.1, 0.15) is 11.8 Å². The molecular formula is C17H12Cl2N6O4. The summed E-state index contributed by atoms with van der Waals surface area (Å²) in [6, 6.07) is 5.55. The summed E-state index contributed by atoms with van der Waals surface area (Å²) in [5.74, 6) is 0.193. The Hall–Kier alpha value is -3.42. The maximum absolute atomic E-state index is 12.1. The van der Waals surface area contributed by atoms with E-state index in [-0.39, 0.29) is 38.8 Å². The van der Waals surface area contributed by atoms with Gasteiger partial charge in [-0.15, -0.1) is 10.2 Å². The highest BCUT2D eigenvalue weighted by molar-refractivity contribution is 6.35. The van der Waals surface area contributed by atoms with Crippen LogP contribution >= 0.6 is 23.2 Å². The number of halogens is 2. The first-order valence-corrected chi connectivity index (χ1v) is 8.87. The van der Waals surface area contributed by atoms with E-state index in [1.807, 2.05) is 18.8 Å². The standard InChI is InChI=1S/C17H12Cl2N6O4/c1-7(2)8-3-14(26)22-23-16(8)29-13-5-9(18)12(4-10(13)19)25-17(28)21-15(27)11(6-20)24-25/h3-5,7H,1-2H3,(H,22,26)(H,21,27,28). The summed E-state index contributed by atoms with van der Waals surface area (Å²) in [5.41, 5.74) is -2.12. The average Bonchev–Trinajstić information content (AvgIpc) is 2.66. The first-order valence-electron chi connectivity index (χ1n) is 8.12. The van der Waals surface area contributed by atoms with E-state index in [0.29, 0.717) is 5.56 Å². The molecule has 1 aromatic carbocycles. The van der Waals surface area contributed by atoms with E-state index < -0.39 is 16.9 Å². The topological polar surface area (TPSA) is 147 Å². The predicted octanol–water partition coefficient (Wildman–Crippen LogP) is 2.10. The SMILES string of the molecule is CC(C)c1cc(=O)[nH]nc1Oc1cc(Cl)c(-n2nc(C#N)c(=O)[nH]c2=O)cc1Cl. The van der Waals surface area contributed by atoms with Gasteiger partial charge >= 0.3 is 5.69 Å². The van der Waals surface area contributed by atoms with Crippen molar-refractivity contribution in [2.45, 2.75) is 19.8 Å². The van der Waals surface area contributed by atoms with Crippen molar-refractivity contribution in [2.24, 2.45) is 0 Å². The van der Waals surface area contributed by atoms with Crippen molar-refractivity contribution < 1.29 is 4.74 Å². The van der Waals surface area contributed by atoms with Crippen LogP contribution in [0.15, 0.2) is 32.6 Å². The number of nitriles is 1. The zero-order chi connectivity index (χ0) is 21.3. The van der Waals surface area contributed by atoms with Crippen LogP contribution in [0.25, 0.3) is 5.69 Å². The fraction of sp³-hybridized carbons (Fsp3) is 0.176. The molecule has 12 heteroatoms. The van der Waals surface area contributed by atoms with Crippen LogP contribution in [0.5, 0.6) is 11.6 Å². The van der Waals surface area contributed by atoms with Crippen LogP contribution < -0.4 is 21.5 Å². The monoisotopic (exact) mass is 434 g/mol. The van der Waals surface area contributed by atoms with Gasteiger partial charge < -0.3 is 4.74 Å². The van der Waals surface area contributed by atoms with Crippen LogP contribution in [0.1, 0.15) is 31.0 Å². The molecule has 0 saturated carbocycles. The Balaban J connectivity index is 2.09. The number of nitrogens with one attached hydrogen (secondary N) is 2. The van der Waals surface area contributed by atoms with Gasteiger partial charge in [0.05, 0.1) is 15.7 Å². The molecule has 148 valence electrons. The van der Waals surface area contributed by atoms with Crippen molar-refractivity contribution in [3.8, 4) is 23.4 Å². The van der Waals surface area contributed by atoms with Crippen LogP contribution in [0, 0.1) is 11.3 Å². The van der Waals surface area contributed by atoms with Gasteiger partial charge in [0.2, 0.25) is 11.6 Å². The number of rotatable bonds is 4. The van der Waals surface area contributed by atoms with E-state index >= 15 is 0 Å². The van der Waals surface area contributed by atoms with Gasteiger partial charge in [-0.1, -0.05) is 37.0 Å². The second-order valence-corrected chi connectivity index (χ2v) is 6.93. The van der Waals surface area contributed by atoms with Crippen LogP contribution in [-0.4, -0.2) is 25.0 Å². The minimum Gasteiger partial charge on any atom is -0.436 e. The molecule has 3 rings (SSSR count). The number of aromatic nitrogens is 5. The Bertz CT molecular complexity index is 1320. The Morgan fingerprint density at radius 2 is 1.90 bits per heavy atom. The minimum atomic E-state index is -0.915. The minimum absolute atomic E-state index is 0.00506. The van der Waals surface area contributed by atoms with E-state index in [2.05, 4.69) is 15.3 Å². The smallest absolute Gasteiger partial charge is 0.349 e. The molecule has 0 aliphatic carbocycles. The summed E-state index contributed by atoms with van der Waals surface area (Å²) in [6.45, 7) is 3.73. The van der Waals surface area contributed by atoms with E-state index in [9.17, 15) is 14.4 Å². The lowest BCUT2D eigenvalue weighted by atomic mass is 10.1. The Kier molecular flexibility index (Phi) is 5.54. The summed E-state index contributed by atoms with van der Waals surface area (Å²) in [7, 11) is 0. The summed E-state index contributed by atoms with van der Waals surface area (Å²) >= 11 is 12.5. The average molecular weight is 435 g/mol. The van der Waals surface area contributed by atoms with Crippen molar-refractivity contribution in [3.63, 3.8) is 0 Å². The van der Waals surface area contributed by atoms with Crippen LogP contribution in [-0.2, 0) is 0 Å². The van der Waals surface area contributed by atoms with Gasteiger partial charge in [0, 0.05) is 17.7 Å². The molecule has 0 amide bonds. The van der Waals surface area contributed by atoms with Crippen molar-refractivity contribution in [2.75, 3.05) is 0 Å². The zero-order valence-corrected chi connectivity index (χ0v) is 16.5. The second kappa shape index (κ2) is 7.90. The van der Waals surface area contributed by atoms with Gasteiger partial charge in [-0.3, -0.25) is 14.6 Å². The number of aromatic amines is 2. The molecule has 2 N–H and O–H groups in total. The lowest BCUT2D eigenvalue weighted by Gasteiger charge is -2.14. The molecule has 0 fully saturated rings. The molecule has 0 unspecified atom stereocenters. The first-order chi connectivity index (χ1) is 13.7. The lowest BCUT2D eigenvalue weighted by molar-refractivity contribution is 0.444. The van der Waals surface area contributed by atoms with Crippen molar-refractivity contribution in [1.82, 2.24) is 25.0 Å². The highest BCUT2D eigenvalue weighted by Crippen LogP contribution is 2.36. The third-order valence-corrected chi connectivity index (χ3v) is 4.39. The molecule has 3 aromatic rings. The number of hydrogen-bond donors (Lipinski definition) is 2. The highest BCUT2D eigenvalue weighted by Gasteiger charge is 2.17. The molecule has 2 heterocycles. The molecule has 0 radical (unpaired) electrons. The van der Waals surface area contributed by atoms with Crippen molar-refractivity contribution in [1.29, 1.82) is 5.26 Å². The third-order valence-electron chi connectivity index (χ3n) is 3.79. The molecular weight excluding hydrogens is 423 g/mol. The van der Waals surface area contributed by atoms with E-state index in [1.54, 1.807) is 6.07 Å². The number of benzene rings is 1. The quantitative estimate of drug-likeness (QED) is 0.638. The predicted molar refractivity (Wildman–Crippen MR) is 104 cm³/mol. The maximum Gasteiger partial charge on any atom is 0.349 e. The van der Waals surface area contributed by atoms with Gasteiger partial charge in [0.15, 0.2) is 0 Å². The molecule has 0 atom stereocenters. The van der Waals surface area contributed by atoms with Gasteiger partial charge in [-0.2, -0.15) is 9.94 Å². The molecule has 29 heavy (non-hydrogen) atoms. The van der Waals surface area contributed by atoms with Gasteiger partial charge in [-0.05, 0) is 12.0 Å². The molecule has 0 saturated heterocycles. The van der Waals surface area contributed by atoms with Crippen LogP contribution in [0.3, 0.4) is 0 Å². The summed E-state index contributed by atoms with van der Waals surface area (Å²) in [6.07, 6.45) is 0. The number of ether oxygens (including phenoxy) is 1. The van der Waals surface area contributed by atoms with Crippen molar-refractivity contribution in [3.05, 3.63) is 70.7 Å². The van der Waals surface area contributed by atoms with Crippen LogP contribution in [0.2, 0.25) is 10.0 Å². The van der Waals surface area contributed by atoms with E-state index in [4.69, 9.17) is 33.2 Å². The summed E-state index contributed by atoms with van der Waals surface area (Å²) in [5, 5.41) is 18.9. The molecule has 0 bridgehead atoms. The van der Waals surface area contributed by atoms with Gasteiger partial charge in [-0.25, -0.2) is 9.89 Å². The number of H-pyrrole nitrogens is 2. The number of nitrogens with zero attached hydrogens (tertiary/aromatic N) is 4. The third kappa shape index (κ3) is 4.06. The fourth-order valence-electron chi connectivity index (χ4n) is 2.40. The first kappa shape index (κ1) is 20.3. The normalized spacial score (nSPS) is 10.8. The molecule has 2 aromatic heterocycles. The van der Waals surface area contributed by atoms with Crippen molar-refractivity contribution >= 4 is 23.2 Å².